The molecule has 2 saturated carbocycles. The first-order valence-corrected chi connectivity index (χ1v) is 16.2. The number of nitrogens with one attached hydrogen (secondary N) is 2. The molecule has 8 heteroatoms. The van der Waals surface area contributed by atoms with Crippen LogP contribution < -0.4 is 0 Å². The molecular weight excluding hydrogens is 548 g/mol. The van der Waals surface area contributed by atoms with Gasteiger partial charge in [0.25, 0.3) is 0 Å². The Morgan fingerprint density at radius 2 is 1.05 bits per heavy atom. The molecule has 4 aromatic rings. The molecule has 8 nitrogen and oxygen atoms in total. The zero-order valence-corrected chi connectivity index (χ0v) is 25.2. The number of imidazole rings is 2. The summed E-state index contributed by atoms with van der Waals surface area (Å²) in [4.78, 5) is 44.6. The highest BCUT2D eigenvalue weighted by Gasteiger charge is 2.56. The fourth-order valence-corrected chi connectivity index (χ4v) is 8.08. The Kier molecular flexibility index (Phi) is 6.87. The van der Waals surface area contributed by atoms with Crippen molar-refractivity contribution in [2.45, 2.75) is 88.6 Å². The molecule has 4 unspecified atom stereocenters. The average Bonchev–Trinajstić information content (AvgIpc) is 3.66. The van der Waals surface area contributed by atoms with Gasteiger partial charge in [-0.15, -0.1) is 0 Å². The van der Waals surface area contributed by atoms with Crippen LogP contribution in [0.3, 0.4) is 0 Å². The van der Waals surface area contributed by atoms with Gasteiger partial charge in [0.05, 0.1) is 47.9 Å². The molecule has 0 spiro atoms. The van der Waals surface area contributed by atoms with E-state index in [0.717, 1.165) is 71.0 Å². The second-order valence-electron chi connectivity index (χ2n) is 13.1. The monoisotopic (exact) mass is 586 g/mol. The molecule has 2 N–H and O–H groups in total. The lowest BCUT2D eigenvalue weighted by atomic mass is 10.0. The Balaban J connectivity index is 0.955. The van der Waals surface area contributed by atoms with Gasteiger partial charge in [-0.25, -0.2) is 9.97 Å². The Morgan fingerprint density at radius 3 is 1.41 bits per heavy atom. The van der Waals surface area contributed by atoms with Crippen molar-refractivity contribution in [3.05, 3.63) is 72.6 Å². The summed E-state index contributed by atoms with van der Waals surface area (Å²) in [6, 6.07) is 18.2. The van der Waals surface area contributed by atoms with E-state index in [1.165, 1.54) is 12.8 Å². The van der Waals surface area contributed by atoms with Crippen LogP contribution in [0.25, 0.3) is 33.6 Å². The van der Waals surface area contributed by atoms with Crippen molar-refractivity contribution >= 4 is 12.6 Å². The maximum atomic E-state index is 11.6. The number of benzene rings is 2. The SMILES string of the molecule is CCC([C]=O)N1C(c2ncc(-c3ccc(-c4ccc(-c5cnc([C@@H]6C[C@@H]7C[C@@H]7N6[C@H]([C]=O)CC)[nH]5)cc4)cc3)[nH]2)CC2CC21. The van der Waals surface area contributed by atoms with Crippen molar-refractivity contribution in [2.75, 3.05) is 0 Å². The van der Waals surface area contributed by atoms with E-state index in [0.29, 0.717) is 23.9 Å². The first kappa shape index (κ1) is 27.7. The predicted octanol–water partition coefficient (Wildman–Crippen LogP) is 6.18. The molecule has 2 saturated heterocycles. The minimum atomic E-state index is -0.157. The van der Waals surface area contributed by atoms with Crippen LogP contribution in [0.15, 0.2) is 60.9 Å². The fraction of sp³-hybridized carbons (Fsp3) is 0.444. The smallest absolute Gasteiger partial charge is 0.217 e. The van der Waals surface area contributed by atoms with E-state index >= 15 is 0 Å². The van der Waals surface area contributed by atoms with Crippen LogP contribution >= 0.6 is 0 Å². The number of likely N-dealkylation sites (tertiary alicyclic amines) is 2. The predicted molar refractivity (Wildman–Crippen MR) is 169 cm³/mol. The van der Waals surface area contributed by atoms with Crippen LogP contribution in [0.5, 0.6) is 0 Å². The summed E-state index contributed by atoms with van der Waals surface area (Å²) < 4.78 is 0. The summed E-state index contributed by atoms with van der Waals surface area (Å²) >= 11 is 0. The van der Waals surface area contributed by atoms with Crippen molar-refractivity contribution in [2.24, 2.45) is 11.8 Å². The number of rotatable bonds is 11. The molecule has 0 bridgehead atoms. The third kappa shape index (κ3) is 4.66. The van der Waals surface area contributed by atoms with E-state index in [-0.39, 0.29) is 24.2 Å². The maximum absolute atomic E-state index is 11.6. The molecule has 2 aliphatic heterocycles. The van der Waals surface area contributed by atoms with E-state index < -0.39 is 0 Å². The lowest BCUT2D eigenvalue weighted by Crippen LogP contribution is -2.38. The third-order valence-electron chi connectivity index (χ3n) is 10.6. The number of carbonyl (C=O) groups excluding carboxylic acids is 2. The van der Waals surface area contributed by atoms with Crippen LogP contribution in [0.2, 0.25) is 0 Å². The topological polar surface area (TPSA) is 98.0 Å². The number of hydrogen-bond donors (Lipinski definition) is 2. The highest BCUT2D eigenvalue weighted by atomic mass is 16.1. The summed E-state index contributed by atoms with van der Waals surface area (Å²) in [6.45, 7) is 4.12. The molecular formula is C36H38N6O2. The fourth-order valence-electron chi connectivity index (χ4n) is 8.08. The normalized spacial score (nSPS) is 28.8. The molecule has 44 heavy (non-hydrogen) atoms. The van der Waals surface area contributed by atoms with Crippen LogP contribution in [0.1, 0.15) is 76.1 Å². The van der Waals surface area contributed by atoms with Gasteiger partial charge in [0.15, 0.2) is 0 Å². The van der Waals surface area contributed by atoms with Gasteiger partial charge in [-0.3, -0.25) is 19.4 Å². The standard InChI is InChI=1S/C36H38N6O2/c1-3-27(19-43)41-31-13-25(31)15-33(41)35-37-17-29(39-35)23-9-5-21(6-10-23)22-7-11-24(12-8-22)30-18-38-36(40-30)34-16-26-14-32(26)42(34)28(4-2)20-44/h5-12,17-18,25-28,31-34H,3-4,13-16H2,1-2H3,(H,37,39)(H,38,40)/t25-,26?,27-,28?,31-,32?,33-,34?/m0/s1. The molecule has 2 aromatic carbocycles. The molecule has 4 heterocycles. The second-order valence-corrected chi connectivity index (χ2v) is 13.1. The van der Waals surface area contributed by atoms with Gasteiger partial charge in [-0.1, -0.05) is 62.4 Å². The minimum Gasteiger partial charge on any atom is -0.341 e. The number of hydrogen-bond acceptors (Lipinski definition) is 6. The molecule has 8 rings (SSSR count). The lowest BCUT2D eigenvalue weighted by Gasteiger charge is -2.29. The molecule has 2 aromatic heterocycles. The Labute approximate surface area is 258 Å². The van der Waals surface area contributed by atoms with Crippen molar-refractivity contribution in [1.82, 2.24) is 29.7 Å². The van der Waals surface area contributed by atoms with E-state index in [2.05, 4.69) is 94.7 Å². The third-order valence-corrected chi connectivity index (χ3v) is 10.6. The molecule has 0 amide bonds. The minimum absolute atomic E-state index is 0.157. The molecule has 8 atom stereocenters. The highest BCUT2D eigenvalue weighted by Crippen LogP contribution is 2.55. The highest BCUT2D eigenvalue weighted by molar-refractivity contribution is 5.71. The zero-order chi connectivity index (χ0) is 29.9. The van der Waals surface area contributed by atoms with Crippen LogP contribution in [0, 0.1) is 11.8 Å². The Morgan fingerprint density at radius 1 is 0.659 bits per heavy atom. The maximum Gasteiger partial charge on any atom is 0.217 e. The molecule has 224 valence electrons. The molecule has 4 aliphatic rings. The lowest BCUT2D eigenvalue weighted by molar-refractivity contribution is 0.177. The Hall–Kier alpha value is -3.88. The Bertz CT molecular complexity index is 1530. The first-order chi connectivity index (χ1) is 21.6. The summed E-state index contributed by atoms with van der Waals surface area (Å²) in [5.41, 5.74) is 6.47. The van der Waals surface area contributed by atoms with Gasteiger partial charge in [0, 0.05) is 12.1 Å². The average molecular weight is 587 g/mol. The summed E-state index contributed by atoms with van der Waals surface area (Å²) in [5, 5.41) is 0. The summed E-state index contributed by atoms with van der Waals surface area (Å²) in [5.74, 6) is 3.26. The summed E-state index contributed by atoms with van der Waals surface area (Å²) in [7, 11) is 0. The van der Waals surface area contributed by atoms with Gasteiger partial charge < -0.3 is 9.97 Å². The molecule has 2 aliphatic carbocycles. The second kappa shape index (κ2) is 10.9. The first-order valence-electron chi connectivity index (χ1n) is 16.2. The number of fused-ring (bicyclic) bond motifs is 2. The van der Waals surface area contributed by atoms with Crippen molar-refractivity contribution in [3.63, 3.8) is 0 Å². The van der Waals surface area contributed by atoms with E-state index in [1.54, 1.807) is 0 Å². The van der Waals surface area contributed by atoms with Crippen molar-refractivity contribution in [1.29, 1.82) is 0 Å². The van der Waals surface area contributed by atoms with Gasteiger partial charge in [-0.05, 0) is 72.6 Å². The number of aromatic amines is 2. The molecule has 4 fully saturated rings. The summed E-state index contributed by atoms with van der Waals surface area (Å²) in [6.07, 6.45) is 14.4. The molecule has 2 radical (unpaired) electrons. The number of aromatic nitrogens is 4. The zero-order valence-electron chi connectivity index (χ0n) is 25.2. The van der Waals surface area contributed by atoms with Gasteiger partial charge >= 0.3 is 0 Å². The van der Waals surface area contributed by atoms with Crippen molar-refractivity contribution in [3.8, 4) is 33.6 Å². The van der Waals surface area contributed by atoms with E-state index in [4.69, 9.17) is 9.97 Å². The van der Waals surface area contributed by atoms with E-state index in [1.807, 2.05) is 12.4 Å². The number of piperidine rings is 2. The van der Waals surface area contributed by atoms with E-state index in [9.17, 15) is 9.59 Å². The van der Waals surface area contributed by atoms with Crippen LogP contribution in [-0.4, -0.2) is 66.5 Å². The van der Waals surface area contributed by atoms with Crippen LogP contribution in [-0.2, 0) is 9.59 Å². The van der Waals surface area contributed by atoms with Gasteiger partial charge in [0.1, 0.15) is 11.6 Å². The van der Waals surface area contributed by atoms with Crippen LogP contribution in [0.4, 0.5) is 0 Å². The quantitative estimate of drug-likeness (QED) is 0.218. The number of H-pyrrole nitrogens is 2. The van der Waals surface area contributed by atoms with Crippen molar-refractivity contribution < 1.29 is 9.59 Å². The van der Waals surface area contributed by atoms with Gasteiger partial charge in [-0.2, -0.15) is 0 Å². The van der Waals surface area contributed by atoms with Gasteiger partial charge in [0.2, 0.25) is 12.6 Å². The largest absolute Gasteiger partial charge is 0.341 e. The number of nitrogens with zero attached hydrogens (tertiary/aromatic N) is 4.